The molecule has 0 aliphatic rings. The van der Waals surface area contributed by atoms with E-state index in [0.29, 0.717) is 10.1 Å². The van der Waals surface area contributed by atoms with Gasteiger partial charge in [0.2, 0.25) is 11.7 Å². The normalized spacial score (nSPS) is 11.6. The van der Waals surface area contributed by atoms with E-state index in [0.717, 1.165) is 6.07 Å². The smallest absolute Gasteiger partial charge is 0.366 e. The van der Waals surface area contributed by atoms with Crippen molar-refractivity contribution in [2.45, 2.75) is 13.1 Å². The number of carbonyl (C=O) groups is 1. The number of amides is 1. The lowest BCUT2D eigenvalue weighted by molar-refractivity contribution is -0.146. The van der Waals surface area contributed by atoms with Crippen molar-refractivity contribution < 1.29 is 18.0 Å². The fraction of sp³-hybridized carbons (Fsp3) is 0.182. The molecule has 0 aliphatic heterocycles. The Balaban J connectivity index is 2.70. The summed E-state index contributed by atoms with van der Waals surface area (Å²) in [6, 6.07) is 3.78. The largest absolute Gasteiger partial charge is 0.452 e. The molecular weight excluding hydrogens is 277 g/mol. The number of nitrogens with two attached hydrogens (primary N) is 1. The molecule has 0 atom stereocenters. The number of carbonyl (C=O) groups excluding carboxylic acids is 1. The number of primary amides is 1. The van der Waals surface area contributed by atoms with E-state index in [9.17, 15) is 22.8 Å². The van der Waals surface area contributed by atoms with Crippen molar-refractivity contribution in [3.63, 3.8) is 0 Å². The third-order valence-corrected chi connectivity index (χ3v) is 2.67. The molecule has 0 unspecified atom stereocenters. The molecule has 0 aliphatic carbocycles. The van der Waals surface area contributed by atoms with Crippen LogP contribution in [0.15, 0.2) is 23.0 Å². The number of nitrogens with zero attached hydrogens (tertiary/aromatic N) is 2. The predicted molar refractivity (Wildman–Crippen MR) is 62.4 cm³/mol. The third-order valence-electron chi connectivity index (χ3n) is 2.67. The summed E-state index contributed by atoms with van der Waals surface area (Å²) in [6.07, 6.45) is -4.81. The van der Waals surface area contributed by atoms with Gasteiger partial charge in [0.05, 0.1) is 5.69 Å². The molecule has 1 amide bonds. The van der Waals surface area contributed by atoms with Gasteiger partial charge in [-0.25, -0.2) is 14.5 Å². The van der Waals surface area contributed by atoms with Crippen LogP contribution in [0, 0.1) is 6.92 Å². The maximum Gasteiger partial charge on any atom is 0.452 e. The van der Waals surface area contributed by atoms with Gasteiger partial charge >= 0.3 is 11.9 Å². The molecular formula is C11H9F3N4O2. The lowest BCUT2D eigenvalue weighted by Gasteiger charge is -2.10. The summed E-state index contributed by atoms with van der Waals surface area (Å²) in [5.41, 5.74) is 4.45. The van der Waals surface area contributed by atoms with E-state index in [4.69, 9.17) is 5.73 Å². The van der Waals surface area contributed by atoms with E-state index in [2.05, 4.69) is 5.10 Å². The zero-order valence-corrected chi connectivity index (χ0v) is 10.2. The first-order valence-electron chi connectivity index (χ1n) is 5.37. The molecule has 2 rings (SSSR count). The molecule has 0 saturated heterocycles. The average molecular weight is 286 g/mol. The molecule has 6 nitrogen and oxygen atoms in total. The Labute approximate surface area is 110 Å². The Bertz CT molecular complexity index is 730. The van der Waals surface area contributed by atoms with Crippen LogP contribution < -0.4 is 11.4 Å². The second-order valence-corrected chi connectivity index (χ2v) is 4.05. The Morgan fingerprint density at radius 1 is 1.40 bits per heavy atom. The molecule has 0 bridgehead atoms. The summed E-state index contributed by atoms with van der Waals surface area (Å²) in [4.78, 5) is 22.7. The minimum Gasteiger partial charge on any atom is -0.366 e. The van der Waals surface area contributed by atoms with Gasteiger partial charge in [-0.05, 0) is 24.6 Å². The van der Waals surface area contributed by atoms with Gasteiger partial charge in [0, 0.05) is 5.56 Å². The highest BCUT2D eigenvalue weighted by Crippen LogP contribution is 2.28. The summed E-state index contributed by atoms with van der Waals surface area (Å²) in [5, 5.41) is 4.67. The van der Waals surface area contributed by atoms with Crippen LogP contribution in [0.4, 0.5) is 13.2 Å². The summed E-state index contributed by atoms with van der Waals surface area (Å²) >= 11 is 0. The Kier molecular flexibility index (Phi) is 3.12. The molecule has 1 aromatic heterocycles. The number of aromatic amines is 1. The fourth-order valence-electron chi connectivity index (χ4n) is 1.74. The van der Waals surface area contributed by atoms with E-state index >= 15 is 0 Å². The number of aromatic nitrogens is 3. The van der Waals surface area contributed by atoms with Crippen LogP contribution in [0.1, 0.15) is 21.7 Å². The van der Waals surface area contributed by atoms with Gasteiger partial charge in [-0.2, -0.15) is 13.2 Å². The summed E-state index contributed by atoms with van der Waals surface area (Å²) in [6.45, 7) is 1.58. The van der Waals surface area contributed by atoms with Crippen molar-refractivity contribution in [3.8, 4) is 5.69 Å². The SMILES string of the molecule is Cc1ccc(-n2c(C(F)(F)F)n[nH]c2=O)cc1C(N)=O. The number of alkyl halides is 3. The standard InChI is InChI=1S/C11H9F3N4O2/c1-5-2-3-6(4-7(5)8(15)19)18-9(11(12,13)14)16-17-10(18)20/h2-4H,1H3,(H2,15,19)(H,17,20). The van der Waals surface area contributed by atoms with Crippen LogP contribution >= 0.6 is 0 Å². The van der Waals surface area contributed by atoms with Gasteiger partial charge in [0.1, 0.15) is 0 Å². The maximum absolute atomic E-state index is 12.8. The molecule has 1 heterocycles. The predicted octanol–water partition coefficient (Wildman–Crippen LogP) is 0.987. The van der Waals surface area contributed by atoms with Crippen LogP contribution in [0.2, 0.25) is 0 Å². The molecule has 20 heavy (non-hydrogen) atoms. The second-order valence-electron chi connectivity index (χ2n) is 4.05. The fourth-order valence-corrected chi connectivity index (χ4v) is 1.74. The Hall–Kier alpha value is -2.58. The van der Waals surface area contributed by atoms with Gasteiger partial charge in [0.25, 0.3) is 0 Å². The van der Waals surface area contributed by atoms with Crippen molar-refractivity contribution in [1.29, 1.82) is 0 Å². The molecule has 2 aromatic rings. The number of hydrogen-bond donors (Lipinski definition) is 2. The van der Waals surface area contributed by atoms with Crippen molar-refractivity contribution in [2.75, 3.05) is 0 Å². The molecule has 1 aromatic carbocycles. The molecule has 106 valence electrons. The van der Waals surface area contributed by atoms with E-state index in [1.165, 1.54) is 12.1 Å². The number of hydrogen-bond acceptors (Lipinski definition) is 3. The van der Waals surface area contributed by atoms with E-state index in [1.807, 2.05) is 0 Å². The van der Waals surface area contributed by atoms with Crippen molar-refractivity contribution in [3.05, 3.63) is 45.6 Å². The average Bonchev–Trinajstić information content (AvgIpc) is 2.71. The molecule has 0 radical (unpaired) electrons. The third kappa shape index (κ3) is 2.29. The zero-order valence-electron chi connectivity index (χ0n) is 10.2. The zero-order chi connectivity index (χ0) is 15.1. The Morgan fingerprint density at radius 2 is 2.05 bits per heavy atom. The van der Waals surface area contributed by atoms with E-state index in [-0.39, 0.29) is 11.3 Å². The van der Waals surface area contributed by atoms with Crippen LogP contribution in [0.5, 0.6) is 0 Å². The lowest BCUT2D eigenvalue weighted by Crippen LogP contribution is -2.22. The minimum atomic E-state index is -4.81. The number of H-pyrrole nitrogens is 1. The van der Waals surface area contributed by atoms with Crippen molar-refractivity contribution in [2.24, 2.45) is 5.73 Å². The number of aryl methyl sites for hydroxylation is 1. The summed E-state index contributed by atoms with van der Waals surface area (Å²) in [7, 11) is 0. The molecule has 3 N–H and O–H groups in total. The first-order chi connectivity index (χ1) is 9.21. The van der Waals surface area contributed by atoms with E-state index < -0.39 is 23.6 Å². The van der Waals surface area contributed by atoms with Crippen LogP contribution in [-0.4, -0.2) is 20.7 Å². The molecule has 9 heteroatoms. The van der Waals surface area contributed by atoms with E-state index in [1.54, 1.807) is 12.0 Å². The lowest BCUT2D eigenvalue weighted by atomic mass is 10.1. The van der Waals surface area contributed by atoms with Crippen LogP contribution in [-0.2, 0) is 6.18 Å². The summed E-state index contributed by atoms with van der Waals surface area (Å²) < 4.78 is 38.6. The molecule has 0 saturated carbocycles. The number of halogens is 3. The van der Waals surface area contributed by atoms with Gasteiger partial charge in [0.15, 0.2) is 0 Å². The highest BCUT2D eigenvalue weighted by Gasteiger charge is 2.38. The number of rotatable bonds is 2. The minimum absolute atomic E-state index is 0.0312. The monoisotopic (exact) mass is 286 g/mol. The quantitative estimate of drug-likeness (QED) is 0.861. The van der Waals surface area contributed by atoms with Crippen LogP contribution in [0.25, 0.3) is 5.69 Å². The highest BCUT2D eigenvalue weighted by atomic mass is 19.4. The first kappa shape index (κ1) is 13.8. The van der Waals surface area contributed by atoms with Crippen molar-refractivity contribution in [1.82, 2.24) is 14.8 Å². The summed E-state index contributed by atoms with van der Waals surface area (Å²) in [5.74, 6) is -2.20. The number of benzene rings is 1. The molecule has 0 spiro atoms. The van der Waals surface area contributed by atoms with Gasteiger partial charge < -0.3 is 5.73 Å². The van der Waals surface area contributed by atoms with Gasteiger partial charge in [-0.3, -0.25) is 4.79 Å². The Morgan fingerprint density at radius 3 is 2.60 bits per heavy atom. The first-order valence-corrected chi connectivity index (χ1v) is 5.37. The maximum atomic E-state index is 12.8. The number of nitrogens with one attached hydrogen (secondary N) is 1. The van der Waals surface area contributed by atoms with Gasteiger partial charge in [-0.15, -0.1) is 5.10 Å². The second kappa shape index (κ2) is 4.51. The molecule has 0 fully saturated rings. The topological polar surface area (TPSA) is 93.8 Å². The van der Waals surface area contributed by atoms with Crippen LogP contribution in [0.3, 0.4) is 0 Å². The highest BCUT2D eigenvalue weighted by molar-refractivity contribution is 5.94. The van der Waals surface area contributed by atoms with Crippen molar-refractivity contribution >= 4 is 5.91 Å². The van der Waals surface area contributed by atoms with Gasteiger partial charge in [-0.1, -0.05) is 6.07 Å².